The molecule has 3 nitrogen and oxygen atoms in total. The summed E-state index contributed by atoms with van der Waals surface area (Å²) in [4.78, 5) is 4.47. The van der Waals surface area contributed by atoms with Crippen LogP contribution in [0, 0.1) is 0 Å². The van der Waals surface area contributed by atoms with Crippen molar-refractivity contribution in [1.29, 1.82) is 0 Å². The second-order valence-corrected chi connectivity index (χ2v) is 5.00. The number of thiazole rings is 1. The van der Waals surface area contributed by atoms with E-state index in [9.17, 15) is 0 Å². The third kappa shape index (κ3) is 2.14. The van der Waals surface area contributed by atoms with Gasteiger partial charge < -0.3 is 9.73 Å². The molecule has 1 N–H and O–H groups in total. The number of hydrogen-bond acceptors (Lipinski definition) is 4. The van der Waals surface area contributed by atoms with Gasteiger partial charge in [0, 0.05) is 12.1 Å². The van der Waals surface area contributed by atoms with Crippen LogP contribution in [0.1, 0.15) is 5.56 Å². The molecule has 2 heterocycles. The van der Waals surface area contributed by atoms with Crippen LogP contribution in [0.2, 0.25) is 5.02 Å². The Hall–Kier alpha value is -1.52. The molecule has 0 saturated carbocycles. The van der Waals surface area contributed by atoms with Gasteiger partial charge in [-0.05, 0) is 18.2 Å². The van der Waals surface area contributed by atoms with Gasteiger partial charge in [0.1, 0.15) is 0 Å². The standard InChI is InChI=1S/C12H9ClN2OS/c13-9-2-1-3-10-11(9)17-12(15-10)14-6-8-4-5-16-7-8/h1-5,7H,6H2,(H,14,15). The molecule has 0 spiro atoms. The summed E-state index contributed by atoms with van der Waals surface area (Å²) in [7, 11) is 0. The summed E-state index contributed by atoms with van der Waals surface area (Å²) in [6, 6.07) is 7.67. The Morgan fingerprint density at radius 2 is 2.29 bits per heavy atom. The van der Waals surface area contributed by atoms with Gasteiger partial charge in [-0.15, -0.1) is 0 Å². The molecule has 2 aromatic heterocycles. The second kappa shape index (κ2) is 4.39. The number of rotatable bonds is 3. The van der Waals surface area contributed by atoms with E-state index in [-0.39, 0.29) is 0 Å². The fraction of sp³-hybridized carbons (Fsp3) is 0.0833. The van der Waals surface area contributed by atoms with Crippen LogP contribution in [0.25, 0.3) is 10.2 Å². The molecule has 0 aliphatic heterocycles. The van der Waals surface area contributed by atoms with Crippen molar-refractivity contribution in [2.45, 2.75) is 6.54 Å². The number of aromatic nitrogens is 1. The summed E-state index contributed by atoms with van der Waals surface area (Å²) in [6.45, 7) is 0.702. The van der Waals surface area contributed by atoms with Gasteiger partial charge in [0.15, 0.2) is 5.13 Å². The number of nitrogens with one attached hydrogen (secondary N) is 1. The molecule has 0 aliphatic carbocycles. The summed E-state index contributed by atoms with van der Waals surface area (Å²) in [5.41, 5.74) is 2.02. The molecule has 0 aliphatic rings. The molecular weight excluding hydrogens is 256 g/mol. The van der Waals surface area contributed by atoms with Crippen LogP contribution in [0.15, 0.2) is 41.2 Å². The van der Waals surface area contributed by atoms with E-state index in [0.717, 1.165) is 25.9 Å². The molecule has 0 bridgehead atoms. The Bertz CT molecular complexity index is 633. The third-order valence-corrected chi connectivity index (χ3v) is 3.88. The summed E-state index contributed by atoms with van der Waals surface area (Å²) < 4.78 is 6.02. The first-order valence-corrected chi connectivity index (χ1v) is 6.32. The highest BCUT2D eigenvalue weighted by Crippen LogP contribution is 2.31. The van der Waals surface area contributed by atoms with Gasteiger partial charge in [-0.1, -0.05) is 29.0 Å². The maximum absolute atomic E-state index is 6.10. The zero-order valence-corrected chi connectivity index (χ0v) is 10.4. The summed E-state index contributed by atoms with van der Waals surface area (Å²) in [5, 5.41) is 4.87. The van der Waals surface area contributed by atoms with E-state index in [4.69, 9.17) is 16.0 Å². The van der Waals surface area contributed by atoms with Crippen molar-refractivity contribution in [2.75, 3.05) is 5.32 Å². The van der Waals surface area contributed by atoms with Crippen LogP contribution in [0.5, 0.6) is 0 Å². The van der Waals surface area contributed by atoms with Gasteiger partial charge in [-0.3, -0.25) is 0 Å². The van der Waals surface area contributed by atoms with Gasteiger partial charge in [-0.25, -0.2) is 4.98 Å². The van der Waals surface area contributed by atoms with Crippen LogP contribution in [-0.4, -0.2) is 4.98 Å². The minimum absolute atomic E-state index is 0.702. The van der Waals surface area contributed by atoms with Gasteiger partial charge in [0.25, 0.3) is 0 Å². The van der Waals surface area contributed by atoms with Crippen molar-refractivity contribution < 1.29 is 4.42 Å². The largest absolute Gasteiger partial charge is 0.472 e. The zero-order chi connectivity index (χ0) is 11.7. The SMILES string of the molecule is Clc1cccc2nc(NCc3ccoc3)sc12. The van der Waals surface area contributed by atoms with Crippen LogP contribution in [0.4, 0.5) is 5.13 Å². The first-order chi connectivity index (χ1) is 8.33. The molecule has 17 heavy (non-hydrogen) atoms. The molecule has 0 atom stereocenters. The first kappa shape index (κ1) is 10.6. The molecule has 0 unspecified atom stereocenters. The van der Waals surface area contributed by atoms with Crippen molar-refractivity contribution in [1.82, 2.24) is 4.98 Å². The highest BCUT2D eigenvalue weighted by molar-refractivity contribution is 7.22. The summed E-state index contributed by atoms with van der Waals surface area (Å²) >= 11 is 7.66. The van der Waals surface area contributed by atoms with E-state index >= 15 is 0 Å². The molecular formula is C12H9ClN2OS. The monoisotopic (exact) mass is 264 g/mol. The maximum atomic E-state index is 6.10. The molecule has 0 fully saturated rings. The van der Waals surface area contributed by atoms with Crippen molar-refractivity contribution in [3.63, 3.8) is 0 Å². The number of fused-ring (bicyclic) bond motifs is 1. The van der Waals surface area contributed by atoms with Gasteiger partial charge >= 0.3 is 0 Å². The Balaban J connectivity index is 1.84. The summed E-state index contributed by atoms with van der Waals surface area (Å²) in [6.07, 6.45) is 3.37. The Kier molecular flexibility index (Phi) is 2.74. The lowest BCUT2D eigenvalue weighted by Gasteiger charge is -1.97. The predicted octanol–water partition coefficient (Wildman–Crippen LogP) is 4.15. The number of anilines is 1. The van der Waals surface area contributed by atoms with Crippen molar-refractivity contribution in [2.24, 2.45) is 0 Å². The van der Waals surface area contributed by atoms with E-state index < -0.39 is 0 Å². The second-order valence-electron chi connectivity index (χ2n) is 3.59. The molecule has 0 saturated heterocycles. The minimum atomic E-state index is 0.702. The van der Waals surface area contributed by atoms with Gasteiger partial charge in [0.2, 0.25) is 0 Å². The quantitative estimate of drug-likeness (QED) is 0.772. The number of hydrogen-bond donors (Lipinski definition) is 1. The lowest BCUT2D eigenvalue weighted by atomic mass is 10.3. The molecule has 0 amide bonds. The van der Waals surface area contributed by atoms with E-state index in [0.29, 0.717) is 6.54 Å². The average Bonchev–Trinajstić information content (AvgIpc) is 2.95. The van der Waals surface area contributed by atoms with Gasteiger partial charge in [0.05, 0.1) is 27.8 Å². The van der Waals surface area contributed by atoms with E-state index in [2.05, 4.69) is 10.3 Å². The fourth-order valence-corrected chi connectivity index (χ4v) is 2.71. The number of furan rings is 1. The van der Waals surface area contributed by atoms with E-state index in [1.807, 2.05) is 24.3 Å². The minimum Gasteiger partial charge on any atom is -0.472 e. The highest BCUT2D eigenvalue weighted by atomic mass is 35.5. The predicted molar refractivity (Wildman–Crippen MR) is 70.7 cm³/mol. The van der Waals surface area contributed by atoms with Crippen molar-refractivity contribution in [3.8, 4) is 0 Å². The van der Waals surface area contributed by atoms with Crippen LogP contribution < -0.4 is 5.32 Å². The highest BCUT2D eigenvalue weighted by Gasteiger charge is 2.06. The zero-order valence-electron chi connectivity index (χ0n) is 8.81. The summed E-state index contributed by atoms with van der Waals surface area (Å²) in [5.74, 6) is 0. The lowest BCUT2D eigenvalue weighted by Crippen LogP contribution is -1.96. The van der Waals surface area contributed by atoms with E-state index in [1.54, 1.807) is 23.9 Å². The number of nitrogens with zero attached hydrogens (tertiary/aromatic N) is 1. The topological polar surface area (TPSA) is 38.1 Å². The molecule has 0 radical (unpaired) electrons. The van der Waals surface area contributed by atoms with Crippen molar-refractivity contribution in [3.05, 3.63) is 47.4 Å². The number of benzene rings is 1. The Morgan fingerprint density at radius 3 is 3.06 bits per heavy atom. The molecule has 1 aromatic carbocycles. The average molecular weight is 265 g/mol. The first-order valence-electron chi connectivity index (χ1n) is 5.13. The Morgan fingerprint density at radius 1 is 1.35 bits per heavy atom. The molecule has 86 valence electrons. The number of halogens is 1. The molecule has 3 rings (SSSR count). The van der Waals surface area contributed by atoms with Crippen LogP contribution in [0.3, 0.4) is 0 Å². The van der Waals surface area contributed by atoms with Crippen molar-refractivity contribution >= 4 is 38.3 Å². The van der Waals surface area contributed by atoms with Crippen LogP contribution >= 0.6 is 22.9 Å². The maximum Gasteiger partial charge on any atom is 0.184 e. The third-order valence-electron chi connectivity index (χ3n) is 2.39. The Labute approximate surface area is 107 Å². The smallest absolute Gasteiger partial charge is 0.184 e. The molecule has 3 aromatic rings. The normalized spacial score (nSPS) is 10.9. The van der Waals surface area contributed by atoms with Crippen LogP contribution in [-0.2, 0) is 6.54 Å². The van der Waals surface area contributed by atoms with Gasteiger partial charge in [-0.2, -0.15) is 0 Å². The fourth-order valence-electron chi connectivity index (χ4n) is 1.56. The lowest BCUT2D eigenvalue weighted by molar-refractivity contribution is 0.564. The molecule has 5 heteroatoms. The van der Waals surface area contributed by atoms with E-state index in [1.165, 1.54) is 0 Å².